The van der Waals surface area contributed by atoms with E-state index in [9.17, 15) is 4.79 Å². The van der Waals surface area contributed by atoms with Crippen molar-refractivity contribution in [3.63, 3.8) is 0 Å². The fourth-order valence-electron chi connectivity index (χ4n) is 8.18. The Morgan fingerprint density at radius 1 is 0.719 bits per heavy atom. The Morgan fingerprint density at radius 2 is 1.35 bits per heavy atom. The van der Waals surface area contributed by atoms with Gasteiger partial charge in [0.1, 0.15) is 25.5 Å². The number of hydrogen-bond acceptors (Lipinski definition) is 8. The third-order valence-corrected chi connectivity index (χ3v) is 11.4. The highest BCUT2D eigenvalue weighted by molar-refractivity contribution is 6.01. The predicted molar refractivity (Wildman–Crippen MR) is 224 cm³/mol. The number of aromatic nitrogens is 3. The molecule has 2 aromatic heterocycles. The van der Waals surface area contributed by atoms with Gasteiger partial charge in [-0.2, -0.15) is 10.1 Å². The summed E-state index contributed by atoms with van der Waals surface area (Å²) in [6.45, 7) is 11.1. The molecular formula is C47H52N6O4. The summed E-state index contributed by atoms with van der Waals surface area (Å²) in [5, 5.41) is 6.16. The number of benzene rings is 4. The van der Waals surface area contributed by atoms with Crippen LogP contribution in [0.2, 0.25) is 0 Å². The van der Waals surface area contributed by atoms with Crippen LogP contribution in [0.5, 0.6) is 11.8 Å². The van der Waals surface area contributed by atoms with Gasteiger partial charge in [-0.15, -0.1) is 0 Å². The largest absolute Gasteiger partial charge is 0.473 e. The van der Waals surface area contributed by atoms with E-state index in [1.807, 2.05) is 108 Å². The minimum Gasteiger partial charge on any atom is -0.473 e. The van der Waals surface area contributed by atoms with Crippen LogP contribution in [0, 0.1) is 5.92 Å². The first-order valence-electron chi connectivity index (χ1n) is 20.1. The van der Waals surface area contributed by atoms with E-state index in [-0.39, 0.29) is 11.6 Å². The Bertz CT molecular complexity index is 2250. The second kappa shape index (κ2) is 17.1. The van der Waals surface area contributed by atoms with Crippen molar-refractivity contribution in [3.8, 4) is 23.0 Å². The minimum atomic E-state index is -0.212. The number of piperazine rings is 1. The smallest absolute Gasteiger partial charge is 0.410 e. The van der Waals surface area contributed by atoms with Crippen molar-refractivity contribution < 1.29 is 19.0 Å². The summed E-state index contributed by atoms with van der Waals surface area (Å²) in [6, 6.07) is 40.5. The number of para-hydroxylation sites is 1. The zero-order valence-corrected chi connectivity index (χ0v) is 33.2. The number of carbonyl (C=O) groups excluding carboxylic acids is 1. The zero-order chi connectivity index (χ0) is 39.2. The number of aryl methyl sites for hydroxylation is 1. The lowest BCUT2D eigenvalue weighted by Gasteiger charge is -2.49. The van der Waals surface area contributed by atoms with Crippen LogP contribution in [-0.2, 0) is 31.6 Å². The van der Waals surface area contributed by atoms with Gasteiger partial charge in [0.2, 0.25) is 11.8 Å². The monoisotopic (exact) mass is 764 g/mol. The van der Waals surface area contributed by atoms with Gasteiger partial charge < -0.3 is 24.0 Å². The first kappa shape index (κ1) is 38.0. The molecule has 10 nitrogen and oxygen atoms in total. The molecule has 6 aromatic rings. The van der Waals surface area contributed by atoms with Crippen LogP contribution >= 0.6 is 0 Å². The van der Waals surface area contributed by atoms with E-state index in [2.05, 4.69) is 54.0 Å². The van der Waals surface area contributed by atoms with Gasteiger partial charge >= 0.3 is 6.09 Å². The van der Waals surface area contributed by atoms with E-state index >= 15 is 0 Å². The summed E-state index contributed by atoms with van der Waals surface area (Å²) >= 11 is 0. The molecule has 0 N–H and O–H groups in total. The van der Waals surface area contributed by atoms with E-state index < -0.39 is 0 Å². The lowest BCUT2D eigenvalue weighted by atomic mass is 9.91. The highest BCUT2D eigenvalue weighted by Crippen LogP contribution is 2.39. The van der Waals surface area contributed by atoms with Crippen LogP contribution < -0.4 is 14.4 Å². The normalized spacial score (nSPS) is 16.1. The molecule has 57 heavy (non-hydrogen) atoms. The highest BCUT2D eigenvalue weighted by Gasteiger charge is 2.37. The molecule has 0 aliphatic carbocycles. The molecule has 0 bridgehead atoms. The van der Waals surface area contributed by atoms with Gasteiger partial charge in [-0.05, 0) is 61.4 Å². The summed E-state index contributed by atoms with van der Waals surface area (Å²) in [5.74, 6) is 1.53. The summed E-state index contributed by atoms with van der Waals surface area (Å²) in [6.07, 6.45) is 1.76. The number of ether oxygens (including phenoxy) is 3. The molecule has 1 amide bonds. The zero-order valence-electron chi connectivity index (χ0n) is 33.2. The van der Waals surface area contributed by atoms with Crippen molar-refractivity contribution >= 4 is 22.7 Å². The fourth-order valence-corrected chi connectivity index (χ4v) is 8.18. The number of rotatable bonds is 12. The summed E-state index contributed by atoms with van der Waals surface area (Å²) in [4.78, 5) is 24.7. The van der Waals surface area contributed by atoms with Crippen LogP contribution in [0.3, 0.4) is 0 Å². The first-order chi connectivity index (χ1) is 27.8. The van der Waals surface area contributed by atoms with Gasteiger partial charge in [0.15, 0.2) is 0 Å². The van der Waals surface area contributed by atoms with E-state index in [0.717, 1.165) is 91.0 Å². The number of pyridine rings is 1. The van der Waals surface area contributed by atoms with Gasteiger partial charge in [-0.25, -0.2) is 4.79 Å². The molecule has 2 aliphatic heterocycles. The van der Waals surface area contributed by atoms with Crippen molar-refractivity contribution in [2.24, 2.45) is 13.0 Å². The van der Waals surface area contributed by atoms with Crippen molar-refractivity contribution in [2.45, 2.75) is 52.0 Å². The van der Waals surface area contributed by atoms with E-state index in [4.69, 9.17) is 24.3 Å². The quantitative estimate of drug-likeness (QED) is 0.122. The molecular weight excluding hydrogens is 713 g/mol. The molecule has 0 saturated carbocycles. The SMILES string of the molecule is Cn1nc(-c2ccc(OCc3ccccc3)nc2OCc2ccccc2)c2cccc(N3CCN(CC4CCN(C(=O)OCc5ccccc5)CC4)C(C)(C)C3)c21. The van der Waals surface area contributed by atoms with Gasteiger partial charge in [-0.1, -0.05) is 103 Å². The maximum Gasteiger partial charge on any atom is 0.410 e. The molecule has 8 rings (SSSR count). The molecule has 0 spiro atoms. The molecule has 2 fully saturated rings. The summed E-state index contributed by atoms with van der Waals surface area (Å²) in [7, 11) is 2.02. The lowest BCUT2D eigenvalue weighted by Crippen LogP contribution is -2.60. The fraction of sp³-hybridized carbons (Fsp3) is 0.340. The lowest BCUT2D eigenvalue weighted by molar-refractivity contribution is 0.0540. The Kier molecular flexibility index (Phi) is 11.4. The third-order valence-electron chi connectivity index (χ3n) is 11.4. The molecule has 2 saturated heterocycles. The van der Waals surface area contributed by atoms with E-state index in [1.54, 1.807) is 0 Å². The topological polar surface area (TPSA) is 85.2 Å². The Balaban J connectivity index is 0.955. The van der Waals surface area contributed by atoms with Gasteiger partial charge in [0.05, 0.1) is 16.8 Å². The number of carbonyl (C=O) groups is 1. The maximum absolute atomic E-state index is 12.8. The Morgan fingerprint density at radius 3 is 2.00 bits per heavy atom. The molecule has 4 heterocycles. The third kappa shape index (κ3) is 8.92. The molecule has 0 unspecified atom stereocenters. The number of likely N-dealkylation sites (tertiary alicyclic amines) is 1. The number of hydrogen-bond donors (Lipinski definition) is 0. The van der Waals surface area contributed by atoms with Gasteiger partial charge in [-0.3, -0.25) is 9.58 Å². The number of piperidine rings is 1. The molecule has 0 radical (unpaired) electrons. The predicted octanol–water partition coefficient (Wildman–Crippen LogP) is 8.74. The standard InChI is InChI=1S/C47H52N6O4/c1-47(2)34-52(28-29-53(47)30-35-24-26-51(27-25-35)46(54)57-33-38-18-11-6-12-19-38)41-21-13-20-39-43(49-50(3)44(39)41)40-22-23-42(55-31-36-14-7-4-8-15-36)48-45(40)56-32-37-16-9-5-10-17-37/h4-23,35H,24-34H2,1-3H3. The van der Waals surface area contributed by atoms with E-state index in [1.165, 1.54) is 5.69 Å². The number of fused-ring (bicyclic) bond motifs is 1. The summed E-state index contributed by atoms with van der Waals surface area (Å²) in [5.41, 5.74) is 6.99. The molecule has 4 aromatic carbocycles. The Labute approximate surface area is 335 Å². The van der Waals surface area contributed by atoms with E-state index in [0.29, 0.717) is 37.5 Å². The number of anilines is 1. The second-order valence-corrected chi connectivity index (χ2v) is 15.8. The van der Waals surface area contributed by atoms with Crippen LogP contribution in [0.4, 0.5) is 10.5 Å². The second-order valence-electron chi connectivity index (χ2n) is 15.8. The average molecular weight is 765 g/mol. The Hall–Kier alpha value is -5.87. The maximum atomic E-state index is 12.8. The molecule has 294 valence electrons. The van der Waals surface area contributed by atoms with Crippen molar-refractivity contribution in [1.82, 2.24) is 24.6 Å². The van der Waals surface area contributed by atoms with Gasteiger partial charge in [0.25, 0.3) is 0 Å². The minimum absolute atomic E-state index is 0.0501. The van der Waals surface area contributed by atoms with Crippen molar-refractivity contribution in [2.75, 3.05) is 44.2 Å². The molecule has 10 heteroatoms. The molecule has 2 aliphatic rings. The average Bonchev–Trinajstić information content (AvgIpc) is 3.59. The summed E-state index contributed by atoms with van der Waals surface area (Å²) < 4.78 is 20.2. The van der Waals surface area contributed by atoms with Gasteiger partial charge in [0, 0.05) is 63.3 Å². The molecule has 0 atom stereocenters. The van der Waals surface area contributed by atoms with Crippen molar-refractivity contribution in [3.05, 3.63) is 138 Å². The number of amides is 1. The van der Waals surface area contributed by atoms with Crippen LogP contribution in [0.15, 0.2) is 121 Å². The number of nitrogens with zero attached hydrogens (tertiary/aromatic N) is 6. The van der Waals surface area contributed by atoms with Crippen molar-refractivity contribution in [1.29, 1.82) is 0 Å². The first-order valence-corrected chi connectivity index (χ1v) is 20.1. The van der Waals surface area contributed by atoms with Crippen LogP contribution in [-0.4, -0.2) is 75.5 Å². The van der Waals surface area contributed by atoms with Crippen LogP contribution in [0.25, 0.3) is 22.2 Å². The van der Waals surface area contributed by atoms with Crippen LogP contribution in [0.1, 0.15) is 43.4 Å². The highest BCUT2D eigenvalue weighted by atomic mass is 16.6.